The molecule has 0 aromatic carbocycles. The van der Waals surface area contributed by atoms with E-state index in [0.29, 0.717) is 0 Å². The van der Waals surface area contributed by atoms with Gasteiger partial charge in [0.05, 0.1) is 5.09 Å². The van der Waals surface area contributed by atoms with Gasteiger partial charge in [0.15, 0.2) is 0 Å². The van der Waals surface area contributed by atoms with Crippen molar-refractivity contribution < 1.29 is 80.3 Å². The van der Waals surface area contributed by atoms with Gasteiger partial charge in [0.1, 0.15) is 0 Å². The largest absolute Gasteiger partial charge is 1.00 e. The summed E-state index contributed by atoms with van der Waals surface area (Å²) in [6.45, 7) is 0. The number of hydrogen-bond acceptors (Lipinski definition) is 3. The Morgan fingerprint density at radius 2 is 1.50 bits per heavy atom. The molecule has 0 amide bonds. The third-order valence-electron chi connectivity index (χ3n) is 0. The smallest absolute Gasteiger partial charge is 1.00 e. The molecule has 0 spiro atoms. The molecule has 6 heteroatoms. The first-order valence-corrected chi connectivity index (χ1v) is 0.548. The van der Waals surface area contributed by atoms with Crippen LogP contribution < -0.4 is 51.4 Å². The maximum atomic E-state index is 8.25. The molecule has 0 aliphatic rings. The molecule has 0 bridgehead atoms. The molecule has 36 valence electrons. The van der Waals surface area contributed by atoms with E-state index in [4.69, 9.17) is 15.3 Å². The van der Waals surface area contributed by atoms with Crippen molar-refractivity contribution >= 4 is 0 Å². The van der Waals surface area contributed by atoms with Gasteiger partial charge in [-0.1, -0.05) is 0 Å². The molecule has 0 rings (SSSR count). The summed E-state index contributed by atoms with van der Waals surface area (Å²) >= 11 is 0. The van der Waals surface area contributed by atoms with Gasteiger partial charge in [0.2, 0.25) is 0 Å². The van der Waals surface area contributed by atoms with E-state index >= 15 is 0 Å². The van der Waals surface area contributed by atoms with Crippen LogP contribution in [0.5, 0.6) is 0 Å². The Balaban J connectivity index is -0.0000000150. The van der Waals surface area contributed by atoms with Gasteiger partial charge in [0.25, 0.3) is 0 Å². The summed E-state index contributed by atoms with van der Waals surface area (Å²) in [5.74, 6) is 0. The predicted octanol–water partition coefficient (Wildman–Crippen LogP) is -3.13. The molecule has 0 N–H and O–H groups in total. The molecule has 4 nitrogen and oxygen atoms in total. The van der Waals surface area contributed by atoms with Gasteiger partial charge in [-0.05, 0) is 0 Å². The van der Waals surface area contributed by atoms with Crippen LogP contribution in [0.3, 0.4) is 0 Å². The standard InChI is InChI=1S/Ag.K.NO3.H/c;;2-1(3)4;/q2*+1;2*-1. The summed E-state index contributed by atoms with van der Waals surface area (Å²) in [4.78, 5) is 8.25. The zero-order chi connectivity index (χ0) is 3.58. The normalized spacial score (nSPS) is 4.00. The Bertz CT molecular complexity index is 37.9. The van der Waals surface area contributed by atoms with Crippen LogP contribution in [0.25, 0.3) is 0 Å². The van der Waals surface area contributed by atoms with Gasteiger partial charge >= 0.3 is 73.8 Å². The van der Waals surface area contributed by atoms with Crippen molar-refractivity contribution in [2.75, 3.05) is 0 Å². The van der Waals surface area contributed by atoms with Crippen LogP contribution in [-0.2, 0) is 22.4 Å². The quantitative estimate of drug-likeness (QED) is 0.241. The molecule has 0 aromatic rings. The minimum absolute atomic E-state index is 0. The van der Waals surface area contributed by atoms with Crippen molar-refractivity contribution in [1.29, 1.82) is 0 Å². The molecule has 0 unspecified atom stereocenters. The summed E-state index contributed by atoms with van der Waals surface area (Å²) in [5.41, 5.74) is 0. The van der Waals surface area contributed by atoms with E-state index in [2.05, 4.69) is 0 Å². The van der Waals surface area contributed by atoms with Crippen molar-refractivity contribution in [2.45, 2.75) is 0 Å². The minimum atomic E-state index is -1.75. The molecule has 0 saturated heterocycles. The van der Waals surface area contributed by atoms with Crippen LogP contribution in [0.4, 0.5) is 0 Å². The number of hydrogen-bond donors (Lipinski definition) is 0. The van der Waals surface area contributed by atoms with Gasteiger partial charge < -0.3 is 16.7 Å². The fraction of sp³-hybridized carbons (Fsp3) is 0. The van der Waals surface area contributed by atoms with E-state index < -0.39 is 5.09 Å². The van der Waals surface area contributed by atoms with Crippen molar-refractivity contribution in [3.8, 4) is 0 Å². The van der Waals surface area contributed by atoms with Crippen LogP contribution in [0.15, 0.2) is 0 Å². The maximum absolute atomic E-state index is 8.25. The fourth-order valence-corrected chi connectivity index (χ4v) is 0. The van der Waals surface area contributed by atoms with Crippen molar-refractivity contribution in [2.24, 2.45) is 0 Å². The first-order chi connectivity index (χ1) is 1.73. The summed E-state index contributed by atoms with van der Waals surface area (Å²) in [7, 11) is 0. The molecule has 0 heterocycles. The predicted molar refractivity (Wildman–Crippen MR) is 11.5 cm³/mol. The third kappa shape index (κ3) is 47.0. The Labute approximate surface area is 93.8 Å². The van der Waals surface area contributed by atoms with E-state index in [1.807, 2.05) is 0 Å². The molecule has 0 fully saturated rings. The second-order valence-electron chi connectivity index (χ2n) is 0.224. The zero-order valence-electron chi connectivity index (χ0n) is 3.97. The van der Waals surface area contributed by atoms with Crippen LogP contribution >= 0.6 is 0 Å². The molecule has 0 atom stereocenters. The molecule has 0 saturated carbocycles. The van der Waals surface area contributed by atoms with E-state index in [0.717, 1.165) is 0 Å². The van der Waals surface area contributed by atoms with Crippen molar-refractivity contribution in [3.63, 3.8) is 0 Å². The topological polar surface area (TPSA) is 66.2 Å². The Kier molecular flexibility index (Phi) is 25.5. The summed E-state index contributed by atoms with van der Waals surface area (Å²) in [6, 6.07) is 0. The number of rotatable bonds is 0. The van der Waals surface area contributed by atoms with Gasteiger partial charge in [0, 0.05) is 0 Å². The second-order valence-corrected chi connectivity index (χ2v) is 0.224. The zero-order valence-corrected chi connectivity index (χ0v) is 7.58. The van der Waals surface area contributed by atoms with Crippen LogP contribution in [-0.4, -0.2) is 5.09 Å². The average Bonchev–Trinajstić information content (AvgIpc) is 0.811. The third-order valence-corrected chi connectivity index (χ3v) is 0. The van der Waals surface area contributed by atoms with Crippen molar-refractivity contribution in [1.82, 2.24) is 0 Å². The van der Waals surface area contributed by atoms with Crippen molar-refractivity contribution in [3.05, 3.63) is 15.3 Å². The molecule has 0 radical (unpaired) electrons. The molecule has 0 aliphatic heterocycles. The summed E-state index contributed by atoms with van der Waals surface area (Å²) < 4.78 is 0. The van der Waals surface area contributed by atoms with Gasteiger partial charge in [-0.2, -0.15) is 0 Å². The summed E-state index contributed by atoms with van der Waals surface area (Å²) in [6.07, 6.45) is 0. The fourth-order valence-electron chi connectivity index (χ4n) is 0. The van der Waals surface area contributed by atoms with E-state index in [9.17, 15) is 0 Å². The van der Waals surface area contributed by atoms with Crippen LogP contribution in [0.1, 0.15) is 1.43 Å². The number of nitrogens with zero attached hydrogens (tertiary/aromatic N) is 1. The first kappa shape index (κ1) is 15.6. The molecule has 6 heavy (non-hydrogen) atoms. The second kappa shape index (κ2) is 9.76. The van der Waals surface area contributed by atoms with E-state index in [1.54, 1.807) is 0 Å². The summed E-state index contributed by atoms with van der Waals surface area (Å²) in [5, 5.41) is 14.8. The van der Waals surface area contributed by atoms with Gasteiger partial charge in [-0.15, -0.1) is 0 Å². The molecule has 0 aliphatic carbocycles. The minimum Gasteiger partial charge on any atom is -1.00 e. The molecular formula is HAgKNO3. The molecule has 0 aromatic heterocycles. The van der Waals surface area contributed by atoms with Gasteiger partial charge in [-0.25, -0.2) is 0 Å². The van der Waals surface area contributed by atoms with Crippen LogP contribution in [0, 0.1) is 15.3 Å². The Morgan fingerprint density at radius 1 is 1.50 bits per heavy atom. The average molecular weight is 210 g/mol. The SMILES string of the molecule is O=[N+]([O-])[O-].[Ag+].[H-].[K+]. The van der Waals surface area contributed by atoms with Gasteiger partial charge in [-0.3, -0.25) is 0 Å². The maximum Gasteiger partial charge on any atom is 1.00 e. The monoisotopic (exact) mass is 209 g/mol. The molecular weight excluding hydrogens is 209 g/mol. The van der Waals surface area contributed by atoms with Crippen LogP contribution in [0.2, 0.25) is 0 Å². The Morgan fingerprint density at radius 3 is 1.50 bits per heavy atom. The van der Waals surface area contributed by atoms with E-state index in [-0.39, 0.29) is 75.2 Å². The first-order valence-electron chi connectivity index (χ1n) is 0.548. The Hall–Kier alpha value is 1.58. The van der Waals surface area contributed by atoms with E-state index in [1.165, 1.54) is 0 Å².